The molecule has 1 saturated heterocycles. The average molecular weight is 410 g/mol. The van der Waals surface area contributed by atoms with Crippen LogP contribution in [0.25, 0.3) is 0 Å². The van der Waals surface area contributed by atoms with Gasteiger partial charge >= 0.3 is 0 Å². The molecular weight excluding hydrogens is 390 g/mol. The second-order valence-electron chi connectivity index (χ2n) is 6.43. The zero-order valence-electron chi connectivity index (χ0n) is 14.9. The number of rotatable bonds is 4. The molecule has 0 spiro atoms. The Labute approximate surface area is 163 Å². The number of halogens is 1. The molecule has 0 bridgehead atoms. The first-order valence-corrected chi connectivity index (χ1v) is 10.3. The number of aromatic nitrogens is 1. The minimum absolute atomic E-state index is 0.158. The third kappa shape index (κ3) is 4.65. The molecule has 2 aromatic rings. The normalized spacial score (nSPS) is 21.0. The lowest BCUT2D eigenvalue weighted by Crippen LogP contribution is -2.48. The van der Waals surface area contributed by atoms with Crippen molar-refractivity contribution in [1.29, 1.82) is 0 Å². The van der Waals surface area contributed by atoms with E-state index >= 15 is 0 Å². The van der Waals surface area contributed by atoms with E-state index in [0.29, 0.717) is 24.3 Å². The minimum Gasteiger partial charge on any atom is -0.373 e. The summed E-state index contributed by atoms with van der Waals surface area (Å²) in [7, 11) is -3.62. The van der Waals surface area contributed by atoms with Crippen LogP contribution in [-0.2, 0) is 14.8 Å². The van der Waals surface area contributed by atoms with Gasteiger partial charge in [-0.15, -0.1) is 0 Å². The van der Waals surface area contributed by atoms with Gasteiger partial charge in [0.1, 0.15) is 5.15 Å². The van der Waals surface area contributed by atoms with Crippen LogP contribution in [0, 0.1) is 0 Å². The third-order valence-corrected chi connectivity index (χ3v) is 6.18. The molecule has 0 saturated carbocycles. The van der Waals surface area contributed by atoms with Crippen molar-refractivity contribution in [3.8, 4) is 0 Å². The quantitative estimate of drug-likeness (QED) is 0.784. The number of hydrogen-bond donors (Lipinski definition) is 1. The highest BCUT2D eigenvalue weighted by atomic mass is 35.5. The molecule has 1 amide bonds. The molecule has 3 rings (SSSR count). The zero-order chi connectivity index (χ0) is 19.6. The lowest BCUT2D eigenvalue weighted by atomic mass is 10.2. The molecule has 2 atom stereocenters. The van der Waals surface area contributed by atoms with Crippen LogP contribution in [0.5, 0.6) is 0 Å². The molecule has 1 aromatic heterocycles. The minimum atomic E-state index is -3.62. The predicted molar refractivity (Wildman–Crippen MR) is 102 cm³/mol. The van der Waals surface area contributed by atoms with Crippen LogP contribution in [0.3, 0.4) is 0 Å². The number of morpholine rings is 1. The van der Waals surface area contributed by atoms with Gasteiger partial charge in [0.15, 0.2) is 0 Å². The Morgan fingerprint density at radius 2 is 1.81 bits per heavy atom. The molecule has 1 aromatic carbocycles. The maximum atomic E-state index is 12.8. The molecule has 7 nitrogen and oxygen atoms in total. The number of nitrogens with zero attached hydrogens (tertiary/aromatic N) is 2. The smallest absolute Gasteiger partial charge is 0.255 e. The van der Waals surface area contributed by atoms with Crippen molar-refractivity contribution in [2.24, 2.45) is 0 Å². The fourth-order valence-electron chi connectivity index (χ4n) is 2.93. The number of amides is 1. The Hall–Kier alpha value is -2.00. The predicted octanol–water partition coefficient (Wildman–Crippen LogP) is 2.79. The summed E-state index contributed by atoms with van der Waals surface area (Å²) < 4.78 is 32.7. The molecule has 2 heterocycles. The van der Waals surface area contributed by atoms with E-state index in [1.165, 1.54) is 28.7 Å². The lowest BCUT2D eigenvalue weighted by Gasteiger charge is -2.34. The van der Waals surface area contributed by atoms with Crippen molar-refractivity contribution in [1.82, 2.24) is 9.29 Å². The van der Waals surface area contributed by atoms with E-state index in [9.17, 15) is 13.2 Å². The number of pyridine rings is 1. The maximum absolute atomic E-state index is 12.8. The monoisotopic (exact) mass is 409 g/mol. The van der Waals surface area contributed by atoms with Crippen LogP contribution in [0.4, 0.5) is 5.69 Å². The molecule has 1 aliphatic rings. The fourth-order valence-corrected chi connectivity index (χ4v) is 4.70. The molecule has 0 radical (unpaired) electrons. The summed E-state index contributed by atoms with van der Waals surface area (Å²) >= 11 is 5.79. The van der Waals surface area contributed by atoms with Crippen LogP contribution in [0.15, 0.2) is 47.5 Å². The Balaban J connectivity index is 1.74. The Bertz CT molecular complexity index is 924. The summed E-state index contributed by atoms with van der Waals surface area (Å²) in [6.45, 7) is 4.33. The third-order valence-electron chi connectivity index (χ3n) is 4.12. The van der Waals surface area contributed by atoms with E-state index in [-0.39, 0.29) is 28.2 Å². The van der Waals surface area contributed by atoms with Crippen LogP contribution < -0.4 is 5.32 Å². The number of benzene rings is 1. The molecule has 0 aliphatic carbocycles. The molecule has 9 heteroatoms. The van der Waals surface area contributed by atoms with Crippen LogP contribution >= 0.6 is 11.6 Å². The summed E-state index contributed by atoms with van der Waals surface area (Å²) in [6, 6.07) is 9.07. The highest BCUT2D eigenvalue weighted by molar-refractivity contribution is 7.89. The Kier molecular flexibility index (Phi) is 5.81. The van der Waals surface area contributed by atoms with Gasteiger partial charge in [-0.25, -0.2) is 13.4 Å². The molecule has 1 N–H and O–H groups in total. The molecule has 144 valence electrons. The van der Waals surface area contributed by atoms with E-state index in [2.05, 4.69) is 10.3 Å². The van der Waals surface area contributed by atoms with Crippen molar-refractivity contribution in [3.63, 3.8) is 0 Å². The highest BCUT2D eigenvalue weighted by Gasteiger charge is 2.32. The summed E-state index contributed by atoms with van der Waals surface area (Å²) in [6.07, 6.45) is 1.13. The highest BCUT2D eigenvalue weighted by Crippen LogP contribution is 2.22. The number of carbonyl (C=O) groups excluding carboxylic acids is 1. The van der Waals surface area contributed by atoms with Crippen molar-refractivity contribution < 1.29 is 17.9 Å². The summed E-state index contributed by atoms with van der Waals surface area (Å²) in [5.41, 5.74) is 0.846. The maximum Gasteiger partial charge on any atom is 0.255 e. The van der Waals surface area contributed by atoms with Gasteiger partial charge in [-0.1, -0.05) is 11.6 Å². The van der Waals surface area contributed by atoms with E-state index in [1.54, 1.807) is 18.2 Å². The van der Waals surface area contributed by atoms with Gasteiger partial charge in [-0.3, -0.25) is 4.79 Å². The first kappa shape index (κ1) is 19.8. The number of hydrogen-bond acceptors (Lipinski definition) is 5. The van der Waals surface area contributed by atoms with Gasteiger partial charge in [0.05, 0.1) is 17.1 Å². The van der Waals surface area contributed by atoms with Gasteiger partial charge in [0.25, 0.3) is 5.91 Å². The van der Waals surface area contributed by atoms with E-state index in [1.807, 2.05) is 13.8 Å². The van der Waals surface area contributed by atoms with Crippen molar-refractivity contribution in [2.45, 2.75) is 31.0 Å². The first-order chi connectivity index (χ1) is 12.8. The van der Waals surface area contributed by atoms with Crippen molar-refractivity contribution in [2.75, 3.05) is 18.4 Å². The SMILES string of the molecule is C[C@H]1CN(S(=O)(=O)c2ccc(NC(=O)c3ccnc(Cl)c3)cc2)C[C@H](C)O1. The van der Waals surface area contributed by atoms with Gasteiger partial charge in [-0.05, 0) is 50.2 Å². The summed E-state index contributed by atoms with van der Waals surface area (Å²) in [5, 5.41) is 2.92. The zero-order valence-corrected chi connectivity index (χ0v) is 16.5. The number of sulfonamides is 1. The molecule has 0 unspecified atom stereocenters. The Morgan fingerprint density at radius 3 is 2.41 bits per heavy atom. The first-order valence-electron chi connectivity index (χ1n) is 8.44. The average Bonchev–Trinajstić information content (AvgIpc) is 2.61. The molecule has 27 heavy (non-hydrogen) atoms. The molecular formula is C18H20ClN3O4S. The van der Waals surface area contributed by atoms with Gasteiger partial charge < -0.3 is 10.1 Å². The van der Waals surface area contributed by atoms with E-state index < -0.39 is 10.0 Å². The summed E-state index contributed by atoms with van der Waals surface area (Å²) in [5.74, 6) is -0.356. The number of nitrogens with one attached hydrogen (secondary N) is 1. The number of carbonyl (C=O) groups is 1. The van der Waals surface area contributed by atoms with Gasteiger partial charge in [0, 0.05) is 30.5 Å². The lowest BCUT2D eigenvalue weighted by molar-refractivity contribution is -0.0440. The van der Waals surface area contributed by atoms with E-state index in [0.717, 1.165) is 0 Å². The second kappa shape index (κ2) is 7.93. The second-order valence-corrected chi connectivity index (χ2v) is 8.75. The molecule has 1 fully saturated rings. The topological polar surface area (TPSA) is 88.6 Å². The standard InChI is InChI=1S/C18H20ClN3O4S/c1-12-10-22(11-13(2)26-12)27(24,25)16-5-3-15(4-6-16)21-18(23)14-7-8-20-17(19)9-14/h3-9,12-13H,10-11H2,1-2H3,(H,21,23)/t12-,13-/m0/s1. The largest absolute Gasteiger partial charge is 0.373 e. The Morgan fingerprint density at radius 1 is 1.19 bits per heavy atom. The van der Waals surface area contributed by atoms with Gasteiger partial charge in [0.2, 0.25) is 10.0 Å². The van der Waals surface area contributed by atoms with E-state index in [4.69, 9.17) is 16.3 Å². The molecule has 1 aliphatic heterocycles. The fraction of sp³-hybridized carbons (Fsp3) is 0.333. The van der Waals surface area contributed by atoms with Crippen molar-refractivity contribution in [3.05, 3.63) is 53.3 Å². The summed E-state index contributed by atoms with van der Waals surface area (Å²) in [4.78, 5) is 16.2. The number of ether oxygens (including phenoxy) is 1. The van der Waals surface area contributed by atoms with Crippen molar-refractivity contribution >= 4 is 33.2 Å². The number of anilines is 1. The van der Waals surface area contributed by atoms with Crippen LogP contribution in [0.1, 0.15) is 24.2 Å². The van der Waals surface area contributed by atoms with Crippen LogP contribution in [-0.4, -0.2) is 48.9 Å². The van der Waals surface area contributed by atoms with Gasteiger partial charge in [-0.2, -0.15) is 4.31 Å². The van der Waals surface area contributed by atoms with Crippen LogP contribution in [0.2, 0.25) is 5.15 Å².